The van der Waals surface area contributed by atoms with Gasteiger partial charge in [0.1, 0.15) is 0 Å². The highest BCUT2D eigenvalue weighted by Gasteiger charge is 2.25. The lowest BCUT2D eigenvalue weighted by Gasteiger charge is -2.23. The zero-order chi connectivity index (χ0) is 27.3. The molecule has 1 aliphatic carbocycles. The van der Waals surface area contributed by atoms with Gasteiger partial charge in [0, 0.05) is 11.1 Å². The summed E-state index contributed by atoms with van der Waals surface area (Å²) in [6, 6.07) is 11.8. The van der Waals surface area contributed by atoms with E-state index >= 15 is 0 Å². The van der Waals surface area contributed by atoms with Gasteiger partial charge in [0.2, 0.25) is 0 Å². The number of hydrogen-bond acceptors (Lipinski definition) is 5. The Morgan fingerprint density at radius 2 is 1.13 bits per heavy atom. The fourth-order valence-electron chi connectivity index (χ4n) is 4.52. The number of unbranched alkanes of at least 4 members (excludes halogenated alkanes) is 2. The third-order valence-corrected chi connectivity index (χ3v) is 6.45. The quantitative estimate of drug-likeness (QED) is 0.185. The minimum absolute atomic E-state index is 0.102. The van der Waals surface area contributed by atoms with Crippen LogP contribution in [0, 0.1) is 5.92 Å². The second-order valence-electron chi connectivity index (χ2n) is 9.86. The molecule has 1 fully saturated rings. The maximum Gasteiger partial charge on any atom is 0.185 e. The zero-order valence-electron chi connectivity index (χ0n) is 23.8. The fourth-order valence-corrected chi connectivity index (χ4v) is 4.52. The van der Waals surface area contributed by atoms with Gasteiger partial charge in [0.25, 0.3) is 0 Å². The van der Waals surface area contributed by atoms with Crippen molar-refractivity contribution in [1.29, 1.82) is 0 Å². The molecule has 0 saturated heterocycles. The lowest BCUT2D eigenvalue weighted by molar-refractivity contribution is -0.113. The summed E-state index contributed by atoms with van der Waals surface area (Å²) in [7, 11) is 0. The molecule has 3 rings (SSSR count). The van der Waals surface area contributed by atoms with Crippen LogP contribution in [0.1, 0.15) is 84.3 Å². The minimum atomic E-state index is 0.102. The molecule has 0 radical (unpaired) electrons. The van der Waals surface area contributed by atoms with E-state index in [1.807, 2.05) is 62.4 Å². The summed E-state index contributed by atoms with van der Waals surface area (Å²) < 4.78 is 23.5. The van der Waals surface area contributed by atoms with Crippen LogP contribution in [0.4, 0.5) is 0 Å². The first-order chi connectivity index (χ1) is 18.5. The zero-order valence-corrected chi connectivity index (χ0v) is 23.8. The first-order valence-electron chi connectivity index (χ1n) is 14.2. The lowest BCUT2D eigenvalue weighted by Crippen LogP contribution is -2.18. The minimum Gasteiger partial charge on any atom is -0.490 e. The maximum atomic E-state index is 13.5. The second-order valence-corrected chi connectivity index (χ2v) is 9.86. The summed E-state index contributed by atoms with van der Waals surface area (Å²) in [6.07, 6.45) is 9.66. The standard InChI is InChI=1S/C33H44O5/c1-6-10-16-37-29-14-12-25(22-31(29)35-8-3)20-27-18-24(5)19-28(33(27)34)21-26-13-15-30(38-17-11-7-2)32(23-26)36-9-4/h12-15,20-24H,6-11,16-19H2,1-5H3/b27-20+,28-21+. The van der Waals surface area contributed by atoms with Gasteiger partial charge in [-0.25, -0.2) is 0 Å². The number of benzene rings is 2. The number of ketones is 1. The summed E-state index contributed by atoms with van der Waals surface area (Å²) in [5.74, 6) is 3.41. The predicted octanol–water partition coefficient (Wildman–Crippen LogP) is 8.31. The number of allylic oxidation sites excluding steroid dienone is 2. The number of Topliss-reactive ketones (excluding diaryl/α,β-unsaturated/α-hetero) is 1. The summed E-state index contributed by atoms with van der Waals surface area (Å²) in [5, 5.41) is 0. The third kappa shape index (κ3) is 8.41. The first-order valence-corrected chi connectivity index (χ1v) is 14.2. The molecule has 0 atom stereocenters. The van der Waals surface area contributed by atoms with Crippen molar-refractivity contribution in [2.75, 3.05) is 26.4 Å². The number of ether oxygens (including phenoxy) is 4. The molecule has 0 unspecified atom stereocenters. The van der Waals surface area contributed by atoms with Crippen molar-refractivity contribution >= 4 is 17.9 Å². The average Bonchev–Trinajstić information content (AvgIpc) is 2.90. The molecule has 0 spiro atoms. The van der Waals surface area contributed by atoms with Crippen molar-refractivity contribution in [3.63, 3.8) is 0 Å². The number of hydrogen-bond donors (Lipinski definition) is 0. The van der Waals surface area contributed by atoms with E-state index in [2.05, 4.69) is 20.8 Å². The van der Waals surface area contributed by atoms with E-state index in [1.165, 1.54) is 0 Å². The van der Waals surface area contributed by atoms with E-state index in [0.717, 1.165) is 83.8 Å². The van der Waals surface area contributed by atoms with Crippen LogP contribution in [-0.2, 0) is 4.79 Å². The van der Waals surface area contributed by atoms with Gasteiger partial charge in [-0.15, -0.1) is 0 Å². The molecule has 0 aromatic heterocycles. The largest absolute Gasteiger partial charge is 0.490 e. The van der Waals surface area contributed by atoms with Crippen molar-refractivity contribution in [3.05, 3.63) is 58.7 Å². The van der Waals surface area contributed by atoms with E-state index in [1.54, 1.807) is 0 Å². The van der Waals surface area contributed by atoms with Crippen LogP contribution in [0.15, 0.2) is 47.5 Å². The summed E-state index contributed by atoms with van der Waals surface area (Å²) in [4.78, 5) is 13.5. The Bertz CT molecular complexity index is 1030. The van der Waals surface area contributed by atoms with Crippen molar-refractivity contribution in [3.8, 4) is 23.0 Å². The Morgan fingerprint density at radius 1 is 0.684 bits per heavy atom. The lowest BCUT2D eigenvalue weighted by atomic mass is 9.81. The molecule has 2 aromatic carbocycles. The van der Waals surface area contributed by atoms with Crippen LogP contribution in [-0.4, -0.2) is 32.2 Å². The van der Waals surface area contributed by atoms with Crippen molar-refractivity contribution in [2.24, 2.45) is 5.92 Å². The molecule has 0 heterocycles. The van der Waals surface area contributed by atoms with Gasteiger partial charge in [-0.3, -0.25) is 4.79 Å². The van der Waals surface area contributed by atoms with E-state index in [4.69, 9.17) is 18.9 Å². The topological polar surface area (TPSA) is 54.0 Å². The van der Waals surface area contributed by atoms with Crippen molar-refractivity contribution in [2.45, 2.75) is 73.1 Å². The van der Waals surface area contributed by atoms with Gasteiger partial charge in [0.05, 0.1) is 26.4 Å². The normalized spacial score (nSPS) is 17.6. The Balaban J connectivity index is 1.85. The summed E-state index contributed by atoms with van der Waals surface area (Å²) >= 11 is 0. The number of rotatable bonds is 14. The first kappa shape index (κ1) is 29.3. The van der Waals surface area contributed by atoms with Gasteiger partial charge in [-0.05, 0) is 93.0 Å². The number of carbonyl (C=O) groups is 1. The molecular formula is C33H44O5. The van der Waals surface area contributed by atoms with Crippen LogP contribution in [0.3, 0.4) is 0 Å². The molecule has 2 aromatic rings. The Labute approximate surface area is 228 Å². The van der Waals surface area contributed by atoms with E-state index in [-0.39, 0.29) is 5.78 Å². The third-order valence-electron chi connectivity index (χ3n) is 6.45. The molecule has 0 bridgehead atoms. The summed E-state index contributed by atoms with van der Waals surface area (Å²) in [6.45, 7) is 12.8. The average molecular weight is 521 g/mol. The molecular weight excluding hydrogens is 476 g/mol. The van der Waals surface area contributed by atoms with Crippen LogP contribution in [0.2, 0.25) is 0 Å². The van der Waals surface area contributed by atoms with Gasteiger partial charge in [-0.2, -0.15) is 0 Å². The Morgan fingerprint density at radius 3 is 1.53 bits per heavy atom. The molecule has 206 valence electrons. The smallest absolute Gasteiger partial charge is 0.185 e. The van der Waals surface area contributed by atoms with Gasteiger partial charge >= 0.3 is 0 Å². The molecule has 0 N–H and O–H groups in total. The van der Waals surface area contributed by atoms with Crippen LogP contribution >= 0.6 is 0 Å². The monoisotopic (exact) mass is 520 g/mol. The highest BCUT2D eigenvalue weighted by molar-refractivity contribution is 6.14. The van der Waals surface area contributed by atoms with E-state index in [0.29, 0.717) is 32.3 Å². The number of carbonyl (C=O) groups excluding carboxylic acids is 1. The van der Waals surface area contributed by atoms with E-state index < -0.39 is 0 Å². The Hall–Kier alpha value is -3.21. The maximum absolute atomic E-state index is 13.5. The van der Waals surface area contributed by atoms with Crippen LogP contribution < -0.4 is 18.9 Å². The molecule has 1 aliphatic rings. The fraction of sp³-hybridized carbons (Fsp3) is 0.485. The van der Waals surface area contributed by atoms with Crippen molar-refractivity contribution < 1.29 is 23.7 Å². The highest BCUT2D eigenvalue weighted by atomic mass is 16.5. The van der Waals surface area contributed by atoms with Crippen molar-refractivity contribution in [1.82, 2.24) is 0 Å². The SMILES string of the molecule is CCCCOc1ccc(/C=C2\CC(C)C/C(=C\c3ccc(OCCCC)c(OCC)c3)C2=O)cc1OCC. The molecule has 0 amide bonds. The highest BCUT2D eigenvalue weighted by Crippen LogP contribution is 2.36. The predicted molar refractivity (Wildman–Crippen MR) is 155 cm³/mol. The molecule has 5 heteroatoms. The van der Waals surface area contributed by atoms with Crippen LogP contribution in [0.5, 0.6) is 23.0 Å². The molecule has 38 heavy (non-hydrogen) atoms. The molecule has 1 saturated carbocycles. The second kappa shape index (κ2) is 15.3. The van der Waals surface area contributed by atoms with Gasteiger partial charge in [0.15, 0.2) is 28.8 Å². The van der Waals surface area contributed by atoms with Crippen LogP contribution in [0.25, 0.3) is 12.2 Å². The van der Waals surface area contributed by atoms with Gasteiger partial charge < -0.3 is 18.9 Å². The molecule has 5 nitrogen and oxygen atoms in total. The molecule has 0 aliphatic heterocycles. The van der Waals surface area contributed by atoms with Gasteiger partial charge in [-0.1, -0.05) is 45.7 Å². The summed E-state index contributed by atoms with van der Waals surface area (Å²) in [5.41, 5.74) is 3.53. The Kier molecular flexibility index (Phi) is 11.8. The van der Waals surface area contributed by atoms with E-state index in [9.17, 15) is 4.79 Å².